The molecule has 0 spiro atoms. The molecular formula is C14H24N4S. The molecule has 4 nitrogen and oxygen atoms in total. The molecule has 1 aliphatic rings. The van der Waals surface area contributed by atoms with E-state index < -0.39 is 0 Å². The summed E-state index contributed by atoms with van der Waals surface area (Å²) in [6.45, 7) is 8.71. The maximum Gasteiger partial charge on any atom is 0.191 e. The number of rotatable bonds is 4. The third-order valence-corrected chi connectivity index (χ3v) is 4.45. The van der Waals surface area contributed by atoms with Gasteiger partial charge in [-0.15, -0.1) is 0 Å². The van der Waals surface area contributed by atoms with Crippen molar-refractivity contribution in [3.05, 3.63) is 6.07 Å². The van der Waals surface area contributed by atoms with Crippen LogP contribution in [0.1, 0.15) is 33.6 Å². The lowest BCUT2D eigenvalue weighted by molar-refractivity contribution is 0.361. The highest BCUT2D eigenvalue weighted by Gasteiger charge is 2.26. The van der Waals surface area contributed by atoms with Crippen molar-refractivity contribution in [1.82, 2.24) is 9.97 Å². The van der Waals surface area contributed by atoms with E-state index in [9.17, 15) is 0 Å². The van der Waals surface area contributed by atoms with Gasteiger partial charge >= 0.3 is 0 Å². The van der Waals surface area contributed by atoms with Crippen LogP contribution in [0.25, 0.3) is 0 Å². The number of nitrogens with zero attached hydrogens (tertiary/aromatic N) is 3. The summed E-state index contributed by atoms with van der Waals surface area (Å²) in [7, 11) is 0. The molecule has 0 aliphatic carbocycles. The topological polar surface area (TPSA) is 41.0 Å². The highest BCUT2D eigenvalue weighted by Crippen LogP contribution is 2.29. The van der Waals surface area contributed by atoms with E-state index in [4.69, 9.17) is 0 Å². The Hall–Kier alpha value is -0.970. The molecule has 19 heavy (non-hydrogen) atoms. The van der Waals surface area contributed by atoms with Gasteiger partial charge in [-0.3, -0.25) is 0 Å². The molecule has 2 rings (SSSR count). The van der Waals surface area contributed by atoms with Crippen LogP contribution in [-0.2, 0) is 0 Å². The van der Waals surface area contributed by atoms with E-state index in [1.165, 1.54) is 12.8 Å². The van der Waals surface area contributed by atoms with E-state index in [0.29, 0.717) is 6.04 Å². The van der Waals surface area contributed by atoms with Gasteiger partial charge < -0.3 is 10.2 Å². The van der Waals surface area contributed by atoms with Crippen LogP contribution in [0.4, 0.5) is 11.6 Å². The number of hydrogen-bond donors (Lipinski definition) is 1. The summed E-state index contributed by atoms with van der Waals surface area (Å²) < 4.78 is 0. The molecule has 2 unspecified atom stereocenters. The Morgan fingerprint density at radius 3 is 2.89 bits per heavy atom. The molecule has 2 heterocycles. The Morgan fingerprint density at radius 1 is 1.42 bits per heavy atom. The van der Waals surface area contributed by atoms with Crippen molar-refractivity contribution in [3.63, 3.8) is 0 Å². The van der Waals surface area contributed by atoms with Crippen LogP contribution < -0.4 is 10.2 Å². The SMILES string of the molecule is CCNc1cc(N2CCCC(C)C2C)nc(SC)n1. The second-order valence-corrected chi connectivity index (χ2v) is 5.96. The largest absolute Gasteiger partial charge is 0.370 e. The molecule has 0 saturated carbocycles. The minimum Gasteiger partial charge on any atom is -0.370 e. The lowest BCUT2D eigenvalue weighted by atomic mass is 9.92. The zero-order valence-corrected chi connectivity index (χ0v) is 13.1. The maximum absolute atomic E-state index is 4.68. The Morgan fingerprint density at radius 2 is 2.21 bits per heavy atom. The van der Waals surface area contributed by atoms with Crippen molar-refractivity contribution < 1.29 is 0 Å². The summed E-state index contributed by atoms with van der Waals surface area (Å²) in [5, 5.41) is 4.14. The van der Waals surface area contributed by atoms with Crippen molar-refractivity contribution in [1.29, 1.82) is 0 Å². The van der Waals surface area contributed by atoms with Gasteiger partial charge in [-0.05, 0) is 38.9 Å². The fourth-order valence-corrected chi connectivity index (χ4v) is 2.96. The normalized spacial score (nSPS) is 23.5. The van der Waals surface area contributed by atoms with Gasteiger partial charge in [-0.25, -0.2) is 9.97 Å². The van der Waals surface area contributed by atoms with Gasteiger partial charge in [0, 0.05) is 25.2 Å². The van der Waals surface area contributed by atoms with Crippen LogP contribution in [0, 0.1) is 5.92 Å². The van der Waals surface area contributed by atoms with Gasteiger partial charge in [0.05, 0.1) is 0 Å². The van der Waals surface area contributed by atoms with Crippen molar-refractivity contribution >= 4 is 23.4 Å². The second-order valence-electron chi connectivity index (χ2n) is 5.18. The molecule has 2 atom stereocenters. The molecular weight excluding hydrogens is 256 g/mol. The molecule has 1 aliphatic heterocycles. The molecule has 1 N–H and O–H groups in total. The van der Waals surface area contributed by atoms with Crippen molar-refractivity contribution in [2.75, 3.05) is 29.6 Å². The molecule has 1 fully saturated rings. The van der Waals surface area contributed by atoms with E-state index in [1.807, 2.05) is 6.26 Å². The number of thioether (sulfide) groups is 1. The highest BCUT2D eigenvalue weighted by atomic mass is 32.2. The predicted octanol–water partition coefficient (Wildman–Crippen LogP) is 3.26. The minimum atomic E-state index is 0.549. The Balaban J connectivity index is 2.29. The van der Waals surface area contributed by atoms with E-state index in [1.54, 1.807) is 11.8 Å². The molecule has 106 valence electrons. The molecule has 0 bridgehead atoms. The van der Waals surface area contributed by atoms with Gasteiger partial charge in [0.15, 0.2) is 5.16 Å². The number of anilines is 2. The van der Waals surface area contributed by atoms with Gasteiger partial charge in [0.2, 0.25) is 0 Å². The van der Waals surface area contributed by atoms with Crippen LogP contribution in [0.5, 0.6) is 0 Å². The first-order chi connectivity index (χ1) is 9.15. The summed E-state index contributed by atoms with van der Waals surface area (Å²) in [6.07, 6.45) is 4.59. The number of hydrogen-bond acceptors (Lipinski definition) is 5. The summed E-state index contributed by atoms with van der Waals surface area (Å²) in [4.78, 5) is 11.6. The number of nitrogens with one attached hydrogen (secondary N) is 1. The Bertz CT molecular complexity index is 424. The van der Waals surface area contributed by atoms with E-state index in [2.05, 4.69) is 47.0 Å². The van der Waals surface area contributed by atoms with Crippen LogP contribution >= 0.6 is 11.8 Å². The van der Waals surface area contributed by atoms with E-state index in [-0.39, 0.29) is 0 Å². The summed E-state index contributed by atoms with van der Waals surface area (Å²) in [5.74, 6) is 2.72. The summed E-state index contributed by atoms with van der Waals surface area (Å²) in [6, 6.07) is 2.63. The van der Waals surface area contributed by atoms with Gasteiger partial charge in [-0.2, -0.15) is 0 Å². The van der Waals surface area contributed by atoms with Crippen LogP contribution in [0.3, 0.4) is 0 Å². The lowest BCUT2D eigenvalue weighted by Crippen LogP contribution is -2.43. The first-order valence-corrected chi connectivity index (χ1v) is 8.31. The summed E-state index contributed by atoms with van der Waals surface area (Å²) in [5.41, 5.74) is 0. The average Bonchev–Trinajstić information content (AvgIpc) is 2.42. The van der Waals surface area contributed by atoms with Crippen LogP contribution in [0.2, 0.25) is 0 Å². The number of piperidine rings is 1. The standard InChI is InChI=1S/C14H24N4S/c1-5-15-12-9-13(17-14(16-12)19-4)18-8-6-7-10(2)11(18)3/h9-11H,5-8H2,1-4H3,(H,15,16,17). The molecule has 0 aromatic carbocycles. The molecule has 1 saturated heterocycles. The zero-order valence-electron chi connectivity index (χ0n) is 12.3. The van der Waals surface area contributed by atoms with Crippen LogP contribution in [-0.4, -0.2) is 35.4 Å². The number of aromatic nitrogens is 2. The first kappa shape index (κ1) is 14.4. The minimum absolute atomic E-state index is 0.549. The first-order valence-electron chi connectivity index (χ1n) is 7.09. The molecule has 0 radical (unpaired) electrons. The van der Waals surface area contributed by atoms with Crippen molar-refractivity contribution in [3.8, 4) is 0 Å². The Labute approximate surface area is 120 Å². The molecule has 5 heteroatoms. The van der Waals surface area contributed by atoms with Crippen molar-refractivity contribution in [2.24, 2.45) is 5.92 Å². The fourth-order valence-electron chi connectivity index (χ4n) is 2.58. The fraction of sp³-hybridized carbons (Fsp3) is 0.714. The molecule has 0 amide bonds. The maximum atomic E-state index is 4.68. The zero-order chi connectivity index (χ0) is 13.8. The van der Waals surface area contributed by atoms with Gasteiger partial charge in [0.1, 0.15) is 11.6 Å². The van der Waals surface area contributed by atoms with Crippen LogP contribution in [0.15, 0.2) is 11.2 Å². The smallest absolute Gasteiger partial charge is 0.191 e. The molecule has 1 aromatic heterocycles. The third kappa shape index (κ3) is 3.32. The molecule has 1 aromatic rings. The second kappa shape index (κ2) is 6.46. The third-order valence-electron chi connectivity index (χ3n) is 3.90. The van der Waals surface area contributed by atoms with Crippen molar-refractivity contribution in [2.45, 2.75) is 44.8 Å². The summed E-state index contributed by atoms with van der Waals surface area (Å²) >= 11 is 1.60. The average molecular weight is 280 g/mol. The van der Waals surface area contributed by atoms with E-state index in [0.717, 1.165) is 35.8 Å². The highest BCUT2D eigenvalue weighted by molar-refractivity contribution is 7.98. The van der Waals surface area contributed by atoms with Gasteiger partial charge in [0.25, 0.3) is 0 Å². The predicted molar refractivity (Wildman–Crippen MR) is 83.2 cm³/mol. The Kier molecular flexibility index (Phi) is 4.91. The van der Waals surface area contributed by atoms with Gasteiger partial charge in [-0.1, -0.05) is 18.7 Å². The lowest BCUT2D eigenvalue weighted by Gasteiger charge is -2.38. The van der Waals surface area contributed by atoms with E-state index >= 15 is 0 Å². The monoisotopic (exact) mass is 280 g/mol. The quantitative estimate of drug-likeness (QED) is 0.677.